The van der Waals surface area contributed by atoms with E-state index in [4.69, 9.17) is 0 Å². The lowest BCUT2D eigenvalue weighted by Gasteiger charge is -2.34. The second-order valence-electron chi connectivity index (χ2n) is 7.24. The summed E-state index contributed by atoms with van der Waals surface area (Å²) >= 11 is 0. The molecule has 0 aromatic heterocycles. The van der Waals surface area contributed by atoms with Gasteiger partial charge in [-0.2, -0.15) is 0 Å². The van der Waals surface area contributed by atoms with Gasteiger partial charge in [-0.25, -0.2) is 0 Å². The first kappa shape index (κ1) is 17.7. The Morgan fingerprint density at radius 3 is 2.64 bits per heavy atom. The molecule has 2 aromatic rings. The van der Waals surface area contributed by atoms with Gasteiger partial charge in [-0.3, -0.25) is 9.69 Å². The zero-order valence-corrected chi connectivity index (χ0v) is 15.3. The van der Waals surface area contributed by atoms with Crippen LogP contribution in [0.15, 0.2) is 54.6 Å². The minimum absolute atomic E-state index is 0.118. The molecule has 0 spiro atoms. The molecule has 1 saturated heterocycles. The normalized spacial score (nSPS) is 18.1. The molecule has 25 heavy (non-hydrogen) atoms. The van der Waals surface area contributed by atoms with E-state index in [1.807, 2.05) is 30.1 Å². The summed E-state index contributed by atoms with van der Waals surface area (Å²) in [5.41, 5.74) is 3.82. The Kier molecular flexibility index (Phi) is 5.87. The van der Waals surface area contributed by atoms with Crippen LogP contribution in [0.2, 0.25) is 0 Å². The zero-order chi connectivity index (χ0) is 17.6. The molecule has 2 aromatic carbocycles. The second kappa shape index (κ2) is 8.30. The van der Waals surface area contributed by atoms with Gasteiger partial charge in [-0.1, -0.05) is 60.2 Å². The van der Waals surface area contributed by atoms with E-state index in [9.17, 15) is 4.79 Å². The zero-order valence-electron chi connectivity index (χ0n) is 15.3. The molecule has 0 bridgehead atoms. The van der Waals surface area contributed by atoms with E-state index in [0.29, 0.717) is 6.54 Å². The van der Waals surface area contributed by atoms with Crippen molar-refractivity contribution in [3.63, 3.8) is 0 Å². The Balaban J connectivity index is 1.57. The first-order valence-electron chi connectivity index (χ1n) is 9.18. The highest BCUT2D eigenvalue weighted by molar-refractivity contribution is 5.78. The molecule has 1 fully saturated rings. The summed E-state index contributed by atoms with van der Waals surface area (Å²) in [6, 6.07) is 18.9. The number of hydrogen-bond donors (Lipinski definition) is 0. The molecule has 3 nitrogen and oxygen atoms in total. The number of likely N-dealkylation sites (tertiary alicyclic amines) is 1. The maximum Gasteiger partial charge on any atom is 0.227 e. The SMILES string of the molecule is Cc1cccc(CN2CCCC(C(=O)N(C)Cc3ccccc3)C2)c1. The summed E-state index contributed by atoms with van der Waals surface area (Å²) in [4.78, 5) is 17.2. The van der Waals surface area contributed by atoms with Crippen LogP contribution >= 0.6 is 0 Å². The Bertz CT molecular complexity index is 698. The van der Waals surface area contributed by atoms with E-state index in [-0.39, 0.29) is 11.8 Å². The third-order valence-electron chi connectivity index (χ3n) is 4.98. The van der Waals surface area contributed by atoms with Gasteiger partial charge in [-0.15, -0.1) is 0 Å². The van der Waals surface area contributed by atoms with Crippen LogP contribution in [0.4, 0.5) is 0 Å². The van der Waals surface area contributed by atoms with Gasteiger partial charge < -0.3 is 4.90 Å². The fourth-order valence-corrected chi connectivity index (χ4v) is 3.72. The summed E-state index contributed by atoms with van der Waals surface area (Å²) in [7, 11) is 1.93. The van der Waals surface area contributed by atoms with Crippen molar-refractivity contribution in [3.05, 3.63) is 71.3 Å². The van der Waals surface area contributed by atoms with Crippen LogP contribution in [0.3, 0.4) is 0 Å². The Labute approximate surface area is 151 Å². The minimum atomic E-state index is 0.118. The molecule has 1 atom stereocenters. The number of amides is 1. The molecule has 132 valence electrons. The maximum atomic E-state index is 12.9. The van der Waals surface area contributed by atoms with E-state index in [0.717, 1.165) is 32.5 Å². The molecular weight excluding hydrogens is 308 g/mol. The number of carbonyl (C=O) groups excluding carboxylic acids is 1. The van der Waals surface area contributed by atoms with Crippen LogP contribution in [0.1, 0.15) is 29.5 Å². The third-order valence-corrected chi connectivity index (χ3v) is 4.98. The molecule has 3 rings (SSSR count). The Hall–Kier alpha value is -2.13. The molecule has 0 radical (unpaired) electrons. The summed E-state index contributed by atoms with van der Waals surface area (Å²) in [5.74, 6) is 0.394. The summed E-state index contributed by atoms with van der Waals surface area (Å²) in [6.45, 7) is 5.71. The first-order chi connectivity index (χ1) is 12.1. The summed E-state index contributed by atoms with van der Waals surface area (Å²) in [5, 5.41) is 0. The lowest BCUT2D eigenvalue weighted by Crippen LogP contribution is -2.43. The number of carbonyl (C=O) groups is 1. The smallest absolute Gasteiger partial charge is 0.227 e. The van der Waals surface area contributed by atoms with E-state index in [2.05, 4.69) is 48.2 Å². The van der Waals surface area contributed by atoms with Gasteiger partial charge in [0.1, 0.15) is 0 Å². The molecule has 1 aliphatic rings. The van der Waals surface area contributed by atoms with Crippen molar-refractivity contribution < 1.29 is 4.79 Å². The van der Waals surface area contributed by atoms with E-state index < -0.39 is 0 Å². The predicted molar refractivity (Wildman–Crippen MR) is 102 cm³/mol. The van der Waals surface area contributed by atoms with E-state index in [1.54, 1.807) is 0 Å². The van der Waals surface area contributed by atoms with Gasteiger partial charge in [0.2, 0.25) is 5.91 Å². The fourth-order valence-electron chi connectivity index (χ4n) is 3.72. The van der Waals surface area contributed by atoms with Crippen LogP contribution in [-0.2, 0) is 17.9 Å². The number of aryl methyl sites for hydroxylation is 1. The van der Waals surface area contributed by atoms with Crippen molar-refractivity contribution in [2.75, 3.05) is 20.1 Å². The van der Waals surface area contributed by atoms with Crippen LogP contribution < -0.4 is 0 Å². The van der Waals surface area contributed by atoms with Gasteiger partial charge in [-0.05, 0) is 37.4 Å². The van der Waals surface area contributed by atoms with Gasteiger partial charge in [0, 0.05) is 26.7 Å². The number of rotatable bonds is 5. The Morgan fingerprint density at radius 1 is 1.12 bits per heavy atom. The molecule has 1 unspecified atom stereocenters. The van der Waals surface area contributed by atoms with E-state index in [1.165, 1.54) is 16.7 Å². The average Bonchev–Trinajstić information content (AvgIpc) is 2.62. The Morgan fingerprint density at radius 2 is 1.88 bits per heavy atom. The monoisotopic (exact) mass is 336 g/mol. The van der Waals surface area contributed by atoms with Crippen molar-refractivity contribution in [3.8, 4) is 0 Å². The van der Waals surface area contributed by atoms with Crippen molar-refractivity contribution in [2.45, 2.75) is 32.9 Å². The van der Waals surface area contributed by atoms with Gasteiger partial charge in [0.05, 0.1) is 5.92 Å². The molecule has 1 aliphatic heterocycles. The highest BCUT2D eigenvalue weighted by Crippen LogP contribution is 2.21. The quantitative estimate of drug-likeness (QED) is 0.827. The highest BCUT2D eigenvalue weighted by Gasteiger charge is 2.27. The average molecular weight is 336 g/mol. The third kappa shape index (κ3) is 4.93. The molecule has 3 heteroatoms. The number of benzene rings is 2. The molecule has 0 aliphatic carbocycles. The van der Waals surface area contributed by atoms with Crippen molar-refractivity contribution in [1.82, 2.24) is 9.80 Å². The van der Waals surface area contributed by atoms with Crippen molar-refractivity contribution >= 4 is 5.91 Å². The second-order valence-corrected chi connectivity index (χ2v) is 7.24. The molecule has 1 amide bonds. The van der Waals surface area contributed by atoms with Crippen LogP contribution in [0.25, 0.3) is 0 Å². The van der Waals surface area contributed by atoms with Crippen LogP contribution in [0.5, 0.6) is 0 Å². The fraction of sp³-hybridized carbons (Fsp3) is 0.409. The van der Waals surface area contributed by atoms with Gasteiger partial charge >= 0.3 is 0 Å². The lowest BCUT2D eigenvalue weighted by molar-refractivity contribution is -0.136. The minimum Gasteiger partial charge on any atom is -0.341 e. The number of piperidine rings is 1. The van der Waals surface area contributed by atoms with Crippen LogP contribution in [0, 0.1) is 12.8 Å². The highest BCUT2D eigenvalue weighted by atomic mass is 16.2. The van der Waals surface area contributed by atoms with Gasteiger partial charge in [0.25, 0.3) is 0 Å². The number of nitrogens with zero attached hydrogens (tertiary/aromatic N) is 2. The molecule has 0 N–H and O–H groups in total. The predicted octanol–water partition coefficient (Wildman–Crippen LogP) is 3.87. The molecule has 0 saturated carbocycles. The van der Waals surface area contributed by atoms with E-state index >= 15 is 0 Å². The van der Waals surface area contributed by atoms with Crippen molar-refractivity contribution in [2.24, 2.45) is 5.92 Å². The largest absolute Gasteiger partial charge is 0.341 e. The topological polar surface area (TPSA) is 23.6 Å². The number of hydrogen-bond acceptors (Lipinski definition) is 2. The maximum absolute atomic E-state index is 12.9. The summed E-state index contributed by atoms with van der Waals surface area (Å²) in [6.07, 6.45) is 2.10. The van der Waals surface area contributed by atoms with Gasteiger partial charge in [0.15, 0.2) is 0 Å². The van der Waals surface area contributed by atoms with Crippen LogP contribution in [-0.4, -0.2) is 35.8 Å². The standard InChI is InChI=1S/C22H28N2O/c1-18-8-6-11-20(14-18)16-24-13-7-12-21(17-24)22(25)23(2)15-19-9-4-3-5-10-19/h3-6,8-11,14,21H,7,12-13,15-17H2,1-2H3. The first-order valence-corrected chi connectivity index (χ1v) is 9.18. The molecular formula is C22H28N2O. The van der Waals surface area contributed by atoms with Crippen molar-refractivity contribution in [1.29, 1.82) is 0 Å². The lowest BCUT2D eigenvalue weighted by atomic mass is 9.96. The summed E-state index contributed by atoms with van der Waals surface area (Å²) < 4.78 is 0. The molecule has 1 heterocycles.